The summed E-state index contributed by atoms with van der Waals surface area (Å²) < 4.78 is 60.8. The fourth-order valence-electron chi connectivity index (χ4n) is 4.52. The largest absolute Gasteiger partial charge is 2.00 e. The van der Waals surface area contributed by atoms with Crippen LogP contribution >= 0.6 is 0 Å². The van der Waals surface area contributed by atoms with E-state index in [2.05, 4.69) is 84.1 Å². The number of ether oxygens (including phenoxy) is 9. The van der Waals surface area contributed by atoms with E-state index < -0.39 is 125 Å². The first-order valence-electron chi connectivity index (χ1n) is 30.4. The number of hydrogen-bond acceptors (Lipinski definition) is 22. The fraction of sp³-hybridized carbons (Fsp3) is 0.667. The van der Waals surface area contributed by atoms with Crippen LogP contribution in [0.5, 0.6) is 0 Å². The quantitative estimate of drug-likeness (QED) is 0.00636. The van der Waals surface area contributed by atoms with Crippen LogP contribution in [-0.2, 0) is 82.8 Å². The number of aldehydes is 1. The van der Waals surface area contributed by atoms with Gasteiger partial charge in [-0.1, -0.05) is 58.6 Å². The molecule has 554 valence electrons. The van der Waals surface area contributed by atoms with Gasteiger partial charge in [0.1, 0.15) is 35.1 Å². The number of terminal acetylenes is 2. The van der Waals surface area contributed by atoms with Gasteiger partial charge in [0.05, 0.1) is 47.7 Å². The zero-order chi connectivity index (χ0) is 77.0. The molecule has 0 spiro atoms. The van der Waals surface area contributed by atoms with Crippen molar-refractivity contribution in [1.29, 1.82) is 0 Å². The number of esters is 6. The Labute approximate surface area is 637 Å². The summed E-state index contributed by atoms with van der Waals surface area (Å²) in [5.41, 5.74) is 1.13. The van der Waals surface area contributed by atoms with Crippen LogP contribution in [0.4, 0.5) is 14.4 Å². The topological polar surface area (TPSA) is 348 Å². The van der Waals surface area contributed by atoms with Crippen molar-refractivity contribution in [1.82, 2.24) is 15.5 Å². The summed E-state index contributed by atoms with van der Waals surface area (Å²) in [5, 5.41) is 12.7. The molecule has 3 amide bonds. The first kappa shape index (κ1) is 116. The molecule has 0 saturated heterocycles. The van der Waals surface area contributed by atoms with E-state index in [0.717, 1.165) is 6.29 Å². The van der Waals surface area contributed by atoms with Crippen molar-refractivity contribution < 1.29 is 126 Å². The fourth-order valence-corrected chi connectivity index (χ4v) is 4.52. The van der Waals surface area contributed by atoms with Gasteiger partial charge in [0.25, 0.3) is 0 Å². The molecule has 0 bridgehead atoms. The van der Waals surface area contributed by atoms with Crippen LogP contribution in [0, 0.1) is 66.2 Å². The molecule has 0 fully saturated rings. The van der Waals surface area contributed by atoms with Crippen molar-refractivity contribution in [3.05, 3.63) is 43.4 Å². The molecule has 0 aliphatic carbocycles. The van der Waals surface area contributed by atoms with Gasteiger partial charge < -0.3 is 91.9 Å². The number of alkyl carbamates (subject to hydrolysis) is 2. The van der Waals surface area contributed by atoms with Crippen LogP contribution in [0.25, 0.3) is 0 Å². The molecule has 31 heteroatoms. The van der Waals surface area contributed by atoms with Crippen LogP contribution < -0.4 is 27.6 Å². The summed E-state index contributed by atoms with van der Waals surface area (Å²) in [6.07, 6.45) is 22.1. The minimum atomic E-state index is -3.16. The number of halogens is 1. The zero-order valence-corrected chi connectivity index (χ0v) is 71.9. The molecule has 4 N–H and O–H groups in total. The molecule has 0 heterocycles. The van der Waals surface area contributed by atoms with Gasteiger partial charge in [0, 0.05) is 44.9 Å². The predicted octanol–water partition coefficient (Wildman–Crippen LogP) is 7.25. The van der Waals surface area contributed by atoms with E-state index in [9.17, 15) is 52.2 Å². The van der Waals surface area contributed by atoms with Gasteiger partial charge in [0.2, 0.25) is 0 Å². The minimum Gasteiger partial charge on any atom is -1.00 e. The standard InChI is InChI=1S/C11H21NO2.C11H16O4.C10H19NO2.C10H17NO2.C9H14O4.C7H12O4.C5H9Si.C3H6O.Ba.BrH.Mg.H2O4S/c1-7-9(2)8-12(6)10(13)14-11(3,4)5;1-5-8(4)9(10(12)14-6-2)11(13)15-7-3;2*1-6-8(2)7-11-9(12)13-10(3,4)5;1-4-7(8(10)12-5-2)9(11)13-6-3;1-3-10-6(8)5-7(9)11-4-2;1-5-6(2,3)4;1-2-3-4;;;;1-4-5(2)3/h7,9H,1,8H2,2-6H3;1,8-9H,6-7H2,2-4H3;6,8H,1,7H2,2-5H3,(H,11,12);1,8H,7H2,2-5H3,(H,11,12);4H,5-6H2,1-3H3;3-5H2,1-2H3;2-4H3;3H,2H2,1H3;;1H;;1H,(H,2,3)/q;;;;;;-1;;;;+2;/p-1. The maximum Gasteiger partial charge on any atom is 2.00 e. The van der Waals surface area contributed by atoms with Crippen molar-refractivity contribution in [2.45, 2.75) is 195 Å². The van der Waals surface area contributed by atoms with E-state index in [4.69, 9.17) is 52.8 Å². The van der Waals surface area contributed by atoms with Gasteiger partial charge >= 0.3 is 141 Å². The molecular weight excluding hydrogens is 1500 g/mol. The Kier molecular flexibility index (Phi) is 83.7. The first-order chi connectivity index (χ1) is 43.4. The smallest absolute Gasteiger partial charge is 1.00 e. The summed E-state index contributed by atoms with van der Waals surface area (Å²) in [5.74, 6) is 0.311. The third kappa shape index (κ3) is 95.5. The number of hydrogen-bond donors (Lipinski definition) is 4. The van der Waals surface area contributed by atoms with Crippen molar-refractivity contribution in [2.75, 3.05) is 66.3 Å². The molecule has 97 heavy (non-hydrogen) atoms. The van der Waals surface area contributed by atoms with Gasteiger partial charge in [-0.15, -0.1) is 37.8 Å². The predicted molar refractivity (Wildman–Crippen MR) is 377 cm³/mol. The molecule has 0 saturated carbocycles. The van der Waals surface area contributed by atoms with Crippen molar-refractivity contribution in [3.63, 3.8) is 0 Å². The third-order valence-corrected chi connectivity index (χ3v) is 10.9. The second kappa shape index (κ2) is 69.7. The normalized spacial score (nSPS) is 11.5. The summed E-state index contributed by atoms with van der Waals surface area (Å²) in [6, 6.07) is 0. The van der Waals surface area contributed by atoms with Crippen molar-refractivity contribution >= 4 is 137 Å². The number of nitrogens with one attached hydrogen (secondary N) is 2. The molecule has 5 unspecified atom stereocenters. The SMILES string of the molecule is C#CC(C)C(C(=O)OCC)C(=O)OCC.C#CC(C)CNC(=O)OC(C)(C)C.C=CC(C)CN(C)C(=O)OC(C)(C)C.C=CC(C)CNC(=O)OC(C)(C)C.CC=C(C(=O)OCC)C(=O)OCC.CCC=O.CCOC(=O)CC(=O)OCC.O=[S](O)(=[Ba])OO.[Br-].[C-]#C[Si](C)(C)C.[Mg+2]. The Balaban J connectivity index is -0.0000000969. The maximum atomic E-state index is 11.5. The molecule has 0 aliphatic heterocycles. The number of carbonyl (C=O) groups excluding carboxylic acids is 10. The van der Waals surface area contributed by atoms with Crippen molar-refractivity contribution in [2.24, 2.45) is 29.6 Å². The monoisotopic (exact) mass is 1620 g/mol. The van der Waals surface area contributed by atoms with E-state index in [0.29, 0.717) is 26.1 Å². The van der Waals surface area contributed by atoms with Gasteiger partial charge in [-0.2, -0.15) is 0 Å². The molecule has 0 aromatic carbocycles. The van der Waals surface area contributed by atoms with Gasteiger partial charge in [0.15, 0.2) is 5.92 Å². The molecule has 0 radical (unpaired) electrons. The van der Waals surface area contributed by atoms with Crippen LogP contribution in [0.15, 0.2) is 37.0 Å². The van der Waals surface area contributed by atoms with Gasteiger partial charge in [-0.3, -0.25) is 19.2 Å². The van der Waals surface area contributed by atoms with E-state index in [-0.39, 0.29) is 122 Å². The van der Waals surface area contributed by atoms with Gasteiger partial charge in [-0.25, -0.2) is 24.0 Å². The average Bonchev–Trinajstić information content (AvgIpc) is 0.966. The summed E-state index contributed by atoms with van der Waals surface area (Å²) >= 11 is -0.426. The Morgan fingerprint density at radius 3 is 1.21 bits per heavy atom. The molecule has 0 aliphatic rings. The summed E-state index contributed by atoms with van der Waals surface area (Å²) in [4.78, 5) is 111. The van der Waals surface area contributed by atoms with Crippen LogP contribution in [0.1, 0.15) is 158 Å². The van der Waals surface area contributed by atoms with E-state index >= 15 is 0 Å². The van der Waals surface area contributed by atoms with Crippen molar-refractivity contribution in [3.8, 4) is 30.2 Å². The van der Waals surface area contributed by atoms with Crippen LogP contribution in [0.3, 0.4) is 0 Å². The Hall–Kier alpha value is -4.74. The molecule has 0 aromatic heterocycles. The zero-order valence-electron chi connectivity index (χ0n) is 62.7. The maximum absolute atomic E-state index is 11.5. The Morgan fingerprint density at radius 1 is 0.649 bits per heavy atom. The summed E-state index contributed by atoms with van der Waals surface area (Å²) in [7, 11) is 0.516. The molecule has 0 rings (SSSR count). The minimum absolute atomic E-state index is 0. The number of nitrogens with zero attached hydrogens (tertiary/aromatic N) is 1. The average molecular weight is 1620 g/mol. The molecule has 5 atom stereocenters. The van der Waals surface area contributed by atoms with Gasteiger partial charge in [-0.05, 0) is 136 Å². The second-order valence-corrected chi connectivity index (χ2v) is 36.0. The van der Waals surface area contributed by atoms with Crippen LogP contribution in [0.2, 0.25) is 19.6 Å². The Morgan fingerprint density at radius 2 is 0.969 bits per heavy atom. The van der Waals surface area contributed by atoms with Crippen LogP contribution in [-0.4, -0.2) is 237 Å². The molecule has 0 aromatic rings. The number of carbonyl (C=O) groups is 10. The molecule has 26 nitrogen and oxygen atoms in total. The van der Waals surface area contributed by atoms with E-state index in [1.165, 1.54) is 6.08 Å². The third-order valence-electron chi connectivity index (χ3n) is 8.96. The first-order valence-corrected chi connectivity index (χ1v) is 41.0. The van der Waals surface area contributed by atoms with E-state index in [1.54, 1.807) is 73.4 Å². The summed E-state index contributed by atoms with van der Waals surface area (Å²) in [6.45, 7) is 54.1. The number of rotatable bonds is 23. The second-order valence-electron chi connectivity index (χ2n) is 23.1. The number of allylic oxidation sites excluding steroid dienone is 1. The Bertz CT molecular complexity index is 2440. The van der Waals surface area contributed by atoms with E-state index in [1.807, 2.05) is 96.1 Å². The number of amides is 3. The molecular formula is C66H116BaBrMgN3O23SSi.